The van der Waals surface area contributed by atoms with Crippen molar-refractivity contribution in [3.05, 3.63) is 75.6 Å². The summed E-state index contributed by atoms with van der Waals surface area (Å²) in [4.78, 5) is 25.0. The van der Waals surface area contributed by atoms with Gasteiger partial charge in [-0.2, -0.15) is 0 Å². The minimum Gasteiger partial charge on any atom is -0.492 e. The second-order valence-corrected chi connectivity index (χ2v) is 6.28. The fraction of sp³-hybridized carbons (Fsp3) is 0.200. The molecule has 1 aliphatic rings. The van der Waals surface area contributed by atoms with Gasteiger partial charge in [0.05, 0.1) is 29.7 Å². The van der Waals surface area contributed by atoms with E-state index in [1.807, 2.05) is 0 Å². The van der Waals surface area contributed by atoms with Gasteiger partial charge in [0, 0.05) is 5.56 Å². The van der Waals surface area contributed by atoms with Gasteiger partial charge in [0.1, 0.15) is 23.0 Å². The highest BCUT2D eigenvalue weighted by Gasteiger charge is 2.29. The second-order valence-electron chi connectivity index (χ2n) is 6.28. The van der Waals surface area contributed by atoms with Gasteiger partial charge in [0.15, 0.2) is 11.2 Å². The van der Waals surface area contributed by atoms with Crippen LogP contribution in [0.3, 0.4) is 0 Å². The van der Waals surface area contributed by atoms with Crippen LogP contribution in [-0.2, 0) is 6.42 Å². The molecule has 132 valence electrons. The summed E-state index contributed by atoms with van der Waals surface area (Å²) >= 11 is 0. The number of halogens is 2. The van der Waals surface area contributed by atoms with Crippen molar-refractivity contribution in [1.29, 1.82) is 0 Å². The highest BCUT2D eigenvalue weighted by atomic mass is 19.1. The molecule has 0 fully saturated rings. The van der Waals surface area contributed by atoms with E-state index in [1.165, 1.54) is 30.5 Å². The maximum Gasteiger partial charge on any atom is 0.195 e. The molecule has 0 amide bonds. The Balaban J connectivity index is 1.56. The number of aryl methyl sites for hydroxylation is 1. The topological polar surface area (TPSA) is 56.5 Å². The first-order valence-corrected chi connectivity index (χ1v) is 8.19. The third-order valence-corrected chi connectivity index (χ3v) is 4.59. The molecule has 26 heavy (non-hydrogen) atoms. The van der Waals surface area contributed by atoms with Crippen LogP contribution >= 0.6 is 0 Å². The number of Topliss-reactive ketones (excluding diaryl/α,β-unsaturated/α-hetero) is 1. The first-order chi connectivity index (χ1) is 12.5. The normalized spacial score (nSPS) is 16.4. The predicted molar refractivity (Wildman–Crippen MR) is 90.5 cm³/mol. The highest BCUT2D eigenvalue weighted by molar-refractivity contribution is 6.01. The molecule has 3 aromatic rings. The van der Waals surface area contributed by atoms with Crippen molar-refractivity contribution < 1.29 is 22.7 Å². The van der Waals surface area contributed by atoms with E-state index in [4.69, 9.17) is 9.15 Å². The molecule has 1 unspecified atom stereocenters. The van der Waals surface area contributed by atoms with Crippen molar-refractivity contribution in [3.63, 3.8) is 0 Å². The van der Waals surface area contributed by atoms with Crippen LogP contribution in [0, 0.1) is 17.6 Å². The largest absolute Gasteiger partial charge is 0.492 e. The van der Waals surface area contributed by atoms with Crippen molar-refractivity contribution in [3.8, 4) is 5.75 Å². The maximum absolute atomic E-state index is 13.4. The SMILES string of the molecule is O=C1c2cc(F)ccc2OCC1CCc1coc2ccc(F)cc2c1=O. The zero-order valence-corrected chi connectivity index (χ0v) is 13.6. The lowest BCUT2D eigenvalue weighted by molar-refractivity contribution is 0.0820. The van der Waals surface area contributed by atoms with Gasteiger partial charge in [-0.25, -0.2) is 8.78 Å². The van der Waals surface area contributed by atoms with Gasteiger partial charge in [0.2, 0.25) is 0 Å². The van der Waals surface area contributed by atoms with Crippen LogP contribution in [0.5, 0.6) is 5.75 Å². The summed E-state index contributed by atoms with van der Waals surface area (Å²) < 4.78 is 37.7. The van der Waals surface area contributed by atoms with E-state index in [0.717, 1.165) is 12.1 Å². The number of ether oxygens (including phenoxy) is 1. The molecule has 0 bridgehead atoms. The molecule has 4 rings (SSSR count). The van der Waals surface area contributed by atoms with Crippen LogP contribution in [0.25, 0.3) is 11.0 Å². The minimum absolute atomic E-state index is 0.168. The van der Waals surface area contributed by atoms with Gasteiger partial charge in [-0.1, -0.05) is 0 Å². The molecule has 0 spiro atoms. The maximum atomic E-state index is 13.4. The fourth-order valence-electron chi connectivity index (χ4n) is 3.17. The molecule has 1 aliphatic heterocycles. The molecule has 4 nitrogen and oxygen atoms in total. The van der Waals surface area contributed by atoms with Gasteiger partial charge in [-0.15, -0.1) is 0 Å². The van der Waals surface area contributed by atoms with E-state index in [2.05, 4.69) is 0 Å². The van der Waals surface area contributed by atoms with Crippen molar-refractivity contribution in [2.45, 2.75) is 12.8 Å². The summed E-state index contributed by atoms with van der Waals surface area (Å²) in [7, 11) is 0. The van der Waals surface area contributed by atoms with E-state index >= 15 is 0 Å². The van der Waals surface area contributed by atoms with Crippen molar-refractivity contribution in [2.75, 3.05) is 6.61 Å². The number of fused-ring (bicyclic) bond motifs is 2. The lowest BCUT2D eigenvalue weighted by atomic mass is 9.90. The summed E-state index contributed by atoms with van der Waals surface area (Å²) in [5, 5.41) is 0.168. The van der Waals surface area contributed by atoms with E-state index in [9.17, 15) is 18.4 Å². The Bertz CT molecular complexity index is 1070. The van der Waals surface area contributed by atoms with Gasteiger partial charge < -0.3 is 9.15 Å². The third-order valence-electron chi connectivity index (χ3n) is 4.59. The second kappa shape index (κ2) is 6.37. The average molecular weight is 356 g/mol. The first kappa shape index (κ1) is 16.4. The Kier molecular flexibility index (Phi) is 4.03. The molecular formula is C20H14F2O4. The Morgan fingerprint density at radius 1 is 1.04 bits per heavy atom. The molecule has 6 heteroatoms. The smallest absolute Gasteiger partial charge is 0.195 e. The molecule has 1 aromatic heterocycles. The number of rotatable bonds is 3. The van der Waals surface area contributed by atoms with E-state index in [1.54, 1.807) is 0 Å². The number of hydrogen-bond donors (Lipinski definition) is 0. The summed E-state index contributed by atoms with van der Waals surface area (Å²) in [6, 6.07) is 7.60. The number of carbonyl (C=O) groups excluding carboxylic acids is 1. The predicted octanol–water partition coefficient (Wildman–Crippen LogP) is 3.90. The Morgan fingerprint density at radius 2 is 1.81 bits per heavy atom. The number of ketones is 1. The fourth-order valence-corrected chi connectivity index (χ4v) is 3.17. The Labute approximate surface area is 147 Å². The third kappa shape index (κ3) is 2.87. The Morgan fingerprint density at radius 3 is 2.65 bits per heavy atom. The summed E-state index contributed by atoms with van der Waals surface area (Å²) in [5.41, 5.74) is 0.567. The average Bonchev–Trinajstić information content (AvgIpc) is 2.63. The van der Waals surface area contributed by atoms with Crippen molar-refractivity contribution in [1.82, 2.24) is 0 Å². The highest BCUT2D eigenvalue weighted by Crippen LogP contribution is 2.30. The number of carbonyl (C=O) groups is 1. The summed E-state index contributed by atoms with van der Waals surface area (Å²) in [5.74, 6) is -1.34. The molecule has 0 saturated carbocycles. The van der Waals surface area contributed by atoms with Crippen molar-refractivity contribution in [2.24, 2.45) is 5.92 Å². The molecule has 2 aromatic carbocycles. The van der Waals surface area contributed by atoms with Gasteiger partial charge >= 0.3 is 0 Å². The Hall–Kier alpha value is -3.02. The van der Waals surface area contributed by atoms with Gasteiger partial charge in [-0.05, 0) is 49.2 Å². The quantitative estimate of drug-likeness (QED) is 0.714. The lowest BCUT2D eigenvalue weighted by Crippen LogP contribution is -2.28. The van der Waals surface area contributed by atoms with Crippen molar-refractivity contribution >= 4 is 16.8 Å². The molecule has 0 radical (unpaired) electrons. The summed E-state index contributed by atoms with van der Waals surface area (Å²) in [6.45, 7) is 0.172. The number of hydrogen-bond acceptors (Lipinski definition) is 4. The van der Waals surface area contributed by atoms with Crippen LogP contribution in [0.15, 0.2) is 51.9 Å². The lowest BCUT2D eigenvalue weighted by Gasteiger charge is -2.24. The molecule has 1 atom stereocenters. The minimum atomic E-state index is -0.517. The van der Waals surface area contributed by atoms with Crippen LogP contribution < -0.4 is 10.2 Å². The van der Waals surface area contributed by atoms with E-state index in [-0.39, 0.29) is 35.2 Å². The van der Waals surface area contributed by atoms with Gasteiger partial charge in [-0.3, -0.25) is 9.59 Å². The van der Waals surface area contributed by atoms with Crippen LogP contribution in [0.2, 0.25) is 0 Å². The van der Waals surface area contributed by atoms with Crippen LogP contribution in [0.4, 0.5) is 8.78 Å². The van der Waals surface area contributed by atoms with Crippen LogP contribution in [-0.4, -0.2) is 12.4 Å². The van der Waals surface area contributed by atoms with Crippen LogP contribution in [0.1, 0.15) is 22.3 Å². The van der Waals surface area contributed by atoms with Gasteiger partial charge in [0.25, 0.3) is 0 Å². The zero-order valence-electron chi connectivity index (χ0n) is 13.6. The standard InChI is InChI=1S/C20H14F2O4/c21-13-3-5-17-15(7-13)19(23)11(9-25-17)1-2-12-10-26-18-6-4-14(22)8-16(18)20(12)24/h3-9,12H,1-2,10H2. The van der Waals surface area contributed by atoms with E-state index < -0.39 is 17.6 Å². The molecule has 0 aliphatic carbocycles. The molecule has 0 saturated heterocycles. The summed E-state index contributed by atoms with van der Waals surface area (Å²) in [6.07, 6.45) is 1.96. The monoisotopic (exact) mass is 356 g/mol. The number of benzene rings is 2. The molecular weight excluding hydrogens is 342 g/mol. The zero-order chi connectivity index (χ0) is 18.3. The van der Waals surface area contributed by atoms with E-state index in [0.29, 0.717) is 23.3 Å². The molecule has 2 heterocycles. The first-order valence-electron chi connectivity index (χ1n) is 8.19. The molecule has 0 N–H and O–H groups in total.